The first-order valence-corrected chi connectivity index (χ1v) is 6.31. The molecule has 0 unspecified atom stereocenters. The van der Waals surface area contributed by atoms with Crippen LogP contribution in [0.2, 0.25) is 0 Å². The van der Waals surface area contributed by atoms with Crippen molar-refractivity contribution in [3.63, 3.8) is 0 Å². The van der Waals surface area contributed by atoms with Gasteiger partial charge in [0.15, 0.2) is 0 Å². The van der Waals surface area contributed by atoms with E-state index in [9.17, 15) is 5.11 Å². The van der Waals surface area contributed by atoms with E-state index in [2.05, 4.69) is 12.1 Å². The lowest BCUT2D eigenvalue weighted by Crippen LogP contribution is -2.03. The van der Waals surface area contributed by atoms with Crippen LogP contribution in [0.4, 0.5) is 0 Å². The molecular formula is C14H15NOS. The summed E-state index contributed by atoms with van der Waals surface area (Å²) in [7, 11) is 0. The molecule has 0 aliphatic carbocycles. The molecule has 0 saturated heterocycles. The zero-order valence-corrected chi connectivity index (χ0v) is 10.3. The van der Waals surface area contributed by atoms with Crippen LogP contribution in [0.1, 0.15) is 11.1 Å². The topological polar surface area (TPSA) is 46.2 Å². The molecule has 0 aliphatic rings. The van der Waals surface area contributed by atoms with Crippen LogP contribution in [0.15, 0.2) is 58.3 Å². The second kappa shape index (κ2) is 5.87. The van der Waals surface area contributed by atoms with Gasteiger partial charge in [0.1, 0.15) is 0 Å². The largest absolute Gasteiger partial charge is 0.392 e. The van der Waals surface area contributed by atoms with E-state index in [1.54, 1.807) is 11.8 Å². The number of hydrogen-bond donors (Lipinski definition) is 2. The van der Waals surface area contributed by atoms with Crippen molar-refractivity contribution in [3.8, 4) is 0 Å². The minimum absolute atomic E-state index is 0.0374. The fourth-order valence-corrected chi connectivity index (χ4v) is 2.73. The molecule has 0 fully saturated rings. The molecule has 0 heterocycles. The number of aliphatic hydroxyl groups excluding tert-OH is 1. The van der Waals surface area contributed by atoms with E-state index < -0.39 is 0 Å². The smallest absolute Gasteiger partial charge is 0.0685 e. The number of rotatable bonds is 4. The molecule has 0 bridgehead atoms. The van der Waals surface area contributed by atoms with Gasteiger partial charge in [-0.05, 0) is 29.3 Å². The summed E-state index contributed by atoms with van der Waals surface area (Å²) < 4.78 is 0. The van der Waals surface area contributed by atoms with Crippen molar-refractivity contribution in [2.24, 2.45) is 5.73 Å². The lowest BCUT2D eigenvalue weighted by molar-refractivity contribution is 0.280. The maximum absolute atomic E-state index is 9.28. The summed E-state index contributed by atoms with van der Waals surface area (Å²) in [6.45, 7) is 0.488. The maximum Gasteiger partial charge on any atom is 0.0685 e. The fraction of sp³-hybridized carbons (Fsp3) is 0.143. The summed E-state index contributed by atoms with van der Waals surface area (Å²) in [4.78, 5) is 2.29. The molecule has 0 atom stereocenters. The summed E-state index contributed by atoms with van der Waals surface area (Å²) in [5.41, 5.74) is 7.70. The SMILES string of the molecule is NCc1c(CO)cccc1Sc1ccccc1. The average molecular weight is 245 g/mol. The molecule has 3 N–H and O–H groups in total. The Balaban J connectivity index is 2.33. The second-order valence-corrected chi connectivity index (χ2v) is 4.79. The zero-order chi connectivity index (χ0) is 12.1. The molecule has 88 valence electrons. The lowest BCUT2D eigenvalue weighted by Gasteiger charge is -2.11. The molecule has 2 rings (SSSR count). The molecule has 2 aromatic carbocycles. The molecular weight excluding hydrogens is 230 g/mol. The fourth-order valence-electron chi connectivity index (χ4n) is 1.70. The van der Waals surface area contributed by atoms with Crippen LogP contribution in [0.5, 0.6) is 0 Å². The molecule has 0 aliphatic heterocycles. The molecule has 2 nitrogen and oxygen atoms in total. The molecule has 0 aromatic heterocycles. The van der Waals surface area contributed by atoms with E-state index in [-0.39, 0.29) is 6.61 Å². The van der Waals surface area contributed by atoms with Crippen molar-refractivity contribution in [3.05, 3.63) is 59.7 Å². The van der Waals surface area contributed by atoms with Crippen LogP contribution in [-0.2, 0) is 13.2 Å². The Bertz CT molecular complexity index is 485. The van der Waals surface area contributed by atoms with Crippen molar-refractivity contribution in [2.75, 3.05) is 0 Å². The van der Waals surface area contributed by atoms with Crippen LogP contribution in [0.25, 0.3) is 0 Å². The van der Waals surface area contributed by atoms with Gasteiger partial charge in [-0.25, -0.2) is 0 Å². The number of hydrogen-bond acceptors (Lipinski definition) is 3. The zero-order valence-electron chi connectivity index (χ0n) is 9.47. The van der Waals surface area contributed by atoms with Gasteiger partial charge in [0.2, 0.25) is 0 Å². The molecule has 0 amide bonds. The van der Waals surface area contributed by atoms with Crippen molar-refractivity contribution in [2.45, 2.75) is 22.9 Å². The molecule has 0 spiro atoms. The molecule has 0 radical (unpaired) electrons. The summed E-state index contributed by atoms with van der Waals surface area (Å²) >= 11 is 1.68. The standard InChI is InChI=1S/C14H15NOS/c15-9-13-11(10-16)5-4-8-14(13)17-12-6-2-1-3-7-12/h1-8,16H,9-10,15H2. The molecule has 2 aromatic rings. The summed E-state index contributed by atoms with van der Waals surface area (Å²) in [6, 6.07) is 16.1. The van der Waals surface area contributed by atoms with Gasteiger partial charge in [0.25, 0.3) is 0 Å². The first kappa shape index (κ1) is 12.2. The highest BCUT2D eigenvalue weighted by molar-refractivity contribution is 7.99. The highest BCUT2D eigenvalue weighted by Gasteiger charge is 2.07. The van der Waals surface area contributed by atoms with E-state index in [0.29, 0.717) is 6.54 Å². The van der Waals surface area contributed by atoms with Gasteiger partial charge in [0, 0.05) is 16.3 Å². The van der Waals surface area contributed by atoms with Gasteiger partial charge in [-0.3, -0.25) is 0 Å². The molecule has 17 heavy (non-hydrogen) atoms. The van der Waals surface area contributed by atoms with Gasteiger partial charge in [-0.2, -0.15) is 0 Å². The van der Waals surface area contributed by atoms with Crippen molar-refractivity contribution in [1.82, 2.24) is 0 Å². The van der Waals surface area contributed by atoms with E-state index >= 15 is 0 Å². The Morgan fingerprint density at radius 3 is 2.41 bits per heavy atom. The van der Waals surface area contributed by atoms with E-state index in [1.807, 2.05) is 36.4 Å². The van der Waals surface area contributed by atoms with Gasteiger partial charge in [-0.1, -0.05) is 42.1 Å². The number of nitrogens with two attached hydrogens (primary N) is 1. The van der Waals surface area contributed by atoms with Crippen LogP contribution >= 0.6 is 11.8 Å². The third-order valence-electron chi connectivity index (χ3n) is 2.58. The highest BCUT2D eigenvalue weighted by atomic mass is 32.2. The van der Waals surface area contributed by atoms with Crippen molar-refractivity contribution in [1.29, 1.82) is 0 Å². The van der Waals surface area contributed by atoms with Gasteiger partial charge < -0.3 is 10.8 Å². The van der Waals surface area contributed by atoms with E-state index in [4.69, 9.17) is 5.73 Å². The predicted molar refractivity (Wildman–Crippen MR) is 70.8 cm³/mol. The quantitative estimate of drug-likeness (QED) is 0.870. The van der Waals surface area contributed by atoms with E-state index in [0.717, 1.165) is 16.0 Å². The molecule has 3 heteroatoms. The molecule has 0 saturated carbocycles. The van der Waals surface area contributed by atoms with E-state index in [1.165, 1.54) is 4.90 Å². The Kier molecular flexibility index (Phi) is 4.20. The number of aliphatic hydroxyl groups is 1. The average Bonchev–Trinajstić information content (AvgIpc) is 2.39. The summed E-state index contributed by atoms with van der Waals surface area (Å²) in [5.74, 6) is 0. The van der Waals surface area contributed by atoms with Gasteiger partial charge >= 0.3 is 0 Å². The third-order valence-corrected chi connectivity index (χ3v) is 3.69. The minimum atomic E-state index is 0.0374. The maximum atomic E-state index is 9.28. The Morgan fingerprint density at radius 2 is 1.76 bits per heavy atom. The first-order chi connectivity index (χ1) is 8.35. The van der Waals surface area contributed by atoms with Crippen LogP contribution in [0.3, 0.4) is 0 Å². The van der Waals surface area contributed by atoms with Crippen LogP contribution < -0.4 is 5.73 Å². The summed E-state index contributed by atoms with van der Waals surface area (Å²) in [5, 5.41) is 9.28. The minimum Gasteiger partial charge on any atom is -0.392 e. The number of benzene rings is 2. The Labute approximate surface area is 105 Å². The Hall–Kier alpha value is -1.29. The lowest BCUT2D eigenvalue weighted by atomic mass is 10.1. The highest BCUT2D eigenvalue weighted by Crippen LogP contribution is 2.31. The first-order valence-electron chi connectivity index (χ1n) is 5.49. The van der Waals surface area contributed by atoms with Crippen molar-refractivity contribution >= 4 is 11.8 Å². The van der Waals surface area contributed by atoms with Crippen LogP contribution in [0, 0.1) is 0 Å². The summed E-state index contributed by atoms with van der Waals surface area (Å²) in [6.07, 6.45) is 0. The van der Waals surface area contributed by atoms with Crippen molar-refractivity contribution < 1.29 is 5.11 Å². The van der Waals surface area contributed by atoms with Gasteiger partial charge in [0.05, 0.1) is 6.61 Å². The third kappa shape index (κ3) is 2.88. The monoisotopic (exact) mass is 245 g/mol. The normalized spacial score (nSPS) is 10.5. The Morgan fingerprint density at radius 1 is 1.00 bits per heavy atom. The second-order valence-electron chi connectivity index (χ2n) is 3.67. The van der Waals surface area contributed by atoms with Gasteiger partial charge in [-0.15, -0.1) is 0 Å². The predicted octanol–water partition coefficient (Wildman–Crippen LogP) is 2.79. The van der Waals surface area contributed by atoms with Crippen LogP contribution in [-0.4, -0.2) is 5.11 Å².